The fourth-order valence-electron chi connectivity index (χ4n) is 5.50. The Hall–Kier alpha value is -2.75. The third-order valence-electron chi connectivity index (χ3n) is 6.95. The van der Waals surface area contributed by atoms with Crippen LogP contribution in [0, 0.1) is 0 Å². The van der Waals surface area contributed by atoms with Gasteiger partial charge in [-0.05, 0) is 54.0 Å². The van der Waals surface area contributed by atoms with Gasteiger partial charge in [-0.25, -0.2) is 4.79 Å². The van der Waals surface area contributed by atoms with Gasteiger partial charge in [0.25, 0.3) is 0 Å². The fraction of sp³-hybridized carbons (Fsp3) is 0.500. The standard InChI is InChI=1S/C30H39NO3/c1-5-8-9-10-11-16-28(31-34-22(4)32)29(33)23-17-18-25-24-14-12-13-15-26(24)30(19-6-2,20-7-3)27(25)21-23/h12-15,17-18,21H,5-11,16,19-20H2,1-4H3/b31-28+. The minimum absolute atomic E-state index is 0.0704. The third kappa shape index (κ3) is 5.48. The summed E-state index contributed by atoms with van der Waals surface area (Å²) in [6, 6.07) is 14.8. The van der Waals surface area contributed by atoms with Crippen LogP contribution in [0.2, 0.25) is 0 Å². The zero-order valence-corrected chi connectivity index (χ0v) is 21.3. The van der Waals surface area contributed by atoms with Crippen LogP contribution in [0.4, 0.5) is 0 Å². The maximum absolute atomic E-state index is 13.6. The molecule has 4 heteroatoms. The van der Waals surface area contributed by atoms with Crippen LogP contribution in [0.15, 0.2) is 47.6 Å². The van der Waals surface area contributed by atoms with E-state index in [4.69, 9.17) is 4.84 Å². The van der Waals surface area contributed by atoms with Gasteiger partial charge in [0.15, 0.2) is 0 Å². The van der Waals surface area contributed by atoms with E-state index in [0.717, 1.165) is 44.9 Å². The summed E-state index contributed by atoms with van der Waals surface area (Å²) in [6.07, 6.45) is 10.2. The first-order chi connectivity index (χ1) is 16.5. The SMILES string of the molecule is CCCCCCC/C(=N\OC(C)=O)C(=O)c1ccc2c(c1)C(CCC)(CCC)c1ccccc1-2. The highest BCUT2D eigenvalue weighted by molar-refractivity contribution is 6.46. The summed E-state index contributed by atoms with van der Waals surface area (Å²) in [6.45, 7) is 7.95. The molecule has 0 spiro atoms. The van der Waals surface area contributed by atoms with Crippen molar-refractivity contribution in [3.63, 3.8) is 0 Å². The summed E-state index contributed by atoms with van der Waals surface area (Å²) in [7, 11) is 0. The van der Waals surface area contributed by atoms with Gasteiger partial charge in [-0.3, -0.25) is 4.79 Å². The maximum atomic E-state index is 13.6. The molecule has 34 heavy (non-hydrogen) atoms. The number of rotatable bonds is 13. The number of nitrogens with zero attached hydrogens (tertiary/aromatic N) is 1. The number of unbranched alkanes of at least 4 members (excludes halogenated alkanes) is 4. The Bertz CT molecular complexity index is 1030. The van der Waals surface area contributed by atoms with Crippen molar-refractivity contribution < 1.29 is 14.4 Å². The van der Waals surface area contributed by atoms with E-state index in [1.54, 1.807) is 0 Å². The van der Waals surface area contributed by atoms with Crippen LogP contribution in [0.25, 0.3) is 11.1 Å². The highest BCUT2D eigenvalue weighted by Crippen LogP contribution is 2.53. The van der Waals surface area contributed by atoms with E-state index in [-0.39, 0.29) is 11.2 Å². The Kier molecular flexibility index (Phi) is 9.20. The fourth-order valence-corrected chi connectivity index (χ4v) is 5.50. The van der Waals surface area contributed by atoms with Gasteiger partial charge in [-0.2, -0.15) is 0 Å². The monoisotopic (exact) mass is 461 g/mol. The second-order valence-corrected chi connectivity index (χ2v) is 9.50. The molecule has 0 saturated heterocycles. The smallest absolute Gasteiger partial charge is 0.318 e. The summed E-state index contributed by atoms with van der Waals surface area (Å²) in [4.78, 5) is 29.9. The van der Waals surface area contributed by atoms with Crippen LogP contribution < -0.4 is 0 Å². The minimum atomic E-state index is -0.509. The molecule has 0 aromatic heterocycles. The lowest BCUT2D eigenvalue weighted by atomic mass is 9.71. The Balaban J connectivity index is 1.97. The van der Waals surface area contributed by atoms with Gasteiger partial charge in [0, 0.05) is 17.9 Å². The molecule has 0 amide bonds. The van der Waals surface area contributed by atoms with Crippen molar-refractivity contribution in [2.24, 2.45) is 5.16 Å². The van der Waals surface area contributed by atoms with Crippen molar-refractivity contribution in [1.82, 2.24) is 0 Å². The molecule has 4 nitrogen and oxygen atoms in total. The molecule has 3 rings (SSSR count). The van der Waals surface area contributed by atoms with Crippen LogP contribution in [-0.4, -0.2) is 17.5 Å². The Morgan fingerprint density at radius 1 is 0.824 bits per heavy atom. The molecule has 0 aliphatic heterocycles. The van der Waals surface area contributed by atoms with Crippen molar-refractivity contribution in [2.75, 3.05) is 0 Å². The van der Waals surface area contributed by atoms with E-state index >= 15 is 0 Å². The number of fused-ring (bicyclic) bond motifs is 3. The topological polar surface area (TPSA) is 55.7 Å². The summed E-state index contributed by atoms with van der Waals surface area (Å²) < 4.78 is 0. The first-order valence-corrected chi connectivity index (χ1v) is 13.0. The van der Waals surface area contributed by atoms with Crippen molar-refractivity contribution in [2.45, 2.75) is 97.3 Å². The second-order valence-electron chi connectivity index (χ2n) is 9.50. The lowest BCUT2D eigenvalue weighted by molar-refractivity contribution is -0.140. The number of oxime groups is 1. The zero-order chi connectivity index (χ0) is 24.6. The molecule has 2 aromatic carbocycles. The average Bonchev–Trinajstić information content (AvgIpc) is 3.10. The summed E-state index contributed by atoms with van der Waals surface area (Å²) >= 11 is 0. The first-order valence-electron chi connectivity index (χ1n) is 13.0. The molecular weight excluding hydrogens is 422 g/mol. The highest BCUT2D eigenvalue weighted by Gasteiger charge is 2.41. The number of hydrogen-bond acceptors (Lipinski definition) is 4. The van der Waals surface area contributed by atoms with Crippen LogP contribution in [0.3, 0.4) is 0 Å². The van der Waals surface area contributed by atoms with E-state index in [1.807, 2.05) is 6.07 Å². The van der Waals surface area contributed by atoms with Crippen molar-refractivity contribution in [3.05, 3.63) is 59.2 Å². The Labute approximate surface area is 204 Å². The maximum Gasteiger partial charge on any atom is 0.331 e. The van der Waals surface area contributed by atoms with Crippen LogP contribution >= 0.6 is 0 Å². The largest absolute Gasteiger partial charge is 0.331 e. The predicted octanol–water partition coefficient (Wildman–Crippen LogP) is 8.02. The van der Waals surface area contributed by atoms with E-state index in [9.17, 15) is 9.59 Å². The highest BCUT2D eigenvalue weighted by atomic mass is 16.7. The molecule has 1 aliphatic rings. The van der Waals surface area contributed by atoms with E-state index in [2.05, 4.69) is 62.3 Å². The van der Waals surface area contributed by atoms with Crippen molar-refractivity contribution >= 4 is 17.5 Å². The average molecular weight is 462 g/mol. The van der Waals surface area contributed by atoms with Gasteiger partial charge in [0.05, 0.1) is 0 Å². The lowest BCUT2D eigenvalue weighted by Crippen LogP contribution is -2.25. The normalized spacial score (nSPS) is 13.9. The molecule has 0 unspecified atom stereocenters. The summed E-state index contributed by atoms with van der Waals surface area (Å²) in [5.41, 5.74) is 6.02. The van der Waals surface area contributed by atoms with E-state index in [0.29, 0.717) is 17.7 Å². The Morgan fingerprint density at radius 3 is 2.18 bits per heavy atom. The molecule has 0 radical (unpaired) electrons. The third-order valence-corrected chi connectivity index (χ3v) is 6.95. The number of ketones is 1. The number of carbonyl (C=O) groups is 2. The number of carbonyl (C=O) groups excluding carboxylic acids is 2. The van der Waals surface area contributed by atoms with Gasteiger partial charge in [0.1, 0.15) is 5.71 Å². The lowest BCUT2D eigenvalue weighted by Gasteiger charge is -2.32. The number of hydrogen-bond donors (Lipinski definition) is 0. The van der Waals surface area contributed by atoms with Gasteiger partial charge in [-0.1, -0.05) is 101 Å². The summed E-state index contributed by atoms with van der Waals surface area (Å²) in [5, 5.41) is 3.98. The van der Waals surface area contributed by atoms with Crippen molar-refractivity contribution in [3.8, 4) is 11.1 Å². The van der Waals surface area contributed by atoms with E-state index < -0.39 is 5.97 Å². The molecule has 1 aliphatic carbocycles. The molecule has 0 saturated carbocycles. The van der Waals surface area contributed by atoms with Gasteiger partial charge in [0.2, 0.25) is 5.78 Å². The quantitative estimate of drug-likeness (QED) is 0.0997. The molecule has 0 atom stereocenters. The zero-order valence-electron chi connectivity index (χ0n) is 21.3. The summed E-state index contributed by atoms with van der Waals surface area (Å²) in [5.74, 6) is -0.650. The molecular formula is C30H39NO3. The van der Waals surface area contributed by atoms with E-state index in [1.165, 1.54) is 42.0 Å². The van der Waals surface area contributed by atoms with Gasteiger partial charge >= 0.3 is 5.97 Å². The van der Waals surface area contributed by atoms with Crippen LogP contribution in [0.1, 0.15) is 113 Å². The number of benzene rings is 2. The van der Waals surface area contributed by atoms with Crippen LogP contribution in [-0.2, 0) is 15.0 Å². The molecule has 182 valence electrons. The molecule has 0 fully saturated rings. The van der Waals surface area contributed by atoms with Gasteiger partial charge < -0.3 is 4.84 Å². The Morgan fingerprint density at radius 2 is 1.50 bits per heavy atom. The molecule has 2 aromatic rings. The number of Topliss-reactive ketones (excluding diaryl/α,β-unsaturated/α-hetero) is 1. The molecule has 0 heterocycles. The predicted molar refractivity (Wildman–Crippen MR) is 139 cm³/mol. The van der Waals surface area contributed by atoms with Crippen molar-refractivity contribution in [1.29, 1.82) is 0 Å². The first kappa shape index (κ1) is 25.9. The molecule has 0 bridgehead atoms. The van der Waals surface area contributed by atoms with Gasteiger partial charge in [-0.15, -0.1) is 0 Å². The minimum Gasteiger partial charge on any atom is -0.318 e. The molecule has 0 N–H and O–H groups in total. The second kappa shape index (κ2) is 12.1. The van der Waals surface area contributed by atoms with Crippen LogP contribution in [0.5, 0.6) is 0 Å².